The summed E-state index contributed by atoms with van der Waals surface area (Å²) in [5.74, 6) is 0.113. The van der Waals surface area contributed by atoms with Gasteiger partial charge in [-0.1, -0.05) is 6.08 Å². The molecule has 1 heterocycles. The number of guanidine groups is 1. The SMILES string of the molecule is CC=CNC(=O)N=C1NC(=O)CN1C. The molecule has 2 N–H and O–H groups in total. The van der Waals surface area contributed by atoms with Crippen LogP contribution in [0.4, 0.5) is 4.79 Å². The Bertz CT molecular complexity index is 308. The van der Waals surface area contributed by atoms with E-state index < -0.39 is 6.03 Å². The normalized spacial score (nSPS) is 19.1. The number of likely N-dealkylation sites (N-methyl/N-ethyl adjacent to an activating group) is 1. The lowest BCUT2D eigenvalue weighted by atomic mass is 10.6. The van der Waals surface area contributed by atoms with Crippen molar-refractivity contribution in [2.75, 3.05) is 13.6 Å². The first-order chi connectivity index (χ1) is 6.63. The molecular weight excluding hydrogens is 184 g/mol. The van der Waals surface area contributed by atoms with E-state index in [0.717, 1.165) is 0 Å². The number of carbonyl (C=O) groups excluding carboxylic acids is 2. The van der Waals surface area contributed by atoms with Crippen LogP contribution < -0.4 is 10.6 Å². The first-order valence-electron chi connectivity index (χ1n) is 4.15. The fraction of sp³-hybridized carbons (Fsp3) is 0.375. The maximum atomic E-state index is 11.1. The molecule has 0 spiro atoms. The van der Waals surface area contributed by atoms with Crippen molar-refractivity contribution in [1.29, 1.82) is 0 Å². The van der Waals surface area contributed by atoms with Gasteiger partial charge in [-0.15, -0.1) is 0 Å². The Morgan fingerprint density at radius 3 is 2.93 bits per heavy atom. The van der Waals surface area contributed by atoms with Crippen molar-refractivity contribution in [1.82, 2.24) is 15.5 Å². The van der Waals surface area contributed by atoms with Gasteiger partial charge in [-0.05, 0) is 6.92 Å². The Kier molecular flexibility index (Phi) is 3.22. The number of hydrogen-bond donors (Lipinski definition) is 2. The number of aliphatic imine (C=N–C) groups is 1. The van der Waals surface area contributed by atoms with Gasteiger partial charge in [-0.2, -0.15) is 4.99 Å². The number of urea groups is 1. The van der Waals surface area contributed by atoms with E-state index in [0.29, 0.717) is 0 Å². The van der Waals surface area contributed by atoms with Crippen LogP contribution in [-0.2, 0) is 4.79 Å². The highest BCUT2D eigenvalue weighted by Gasteiger charge is 2.21. The lowest BCUT2D eigenvalue weighted by Crippen LogP contribution is -2.29. The van der Waals surface area contributed by atoms with Crippen LogP contribution in [-0.4, -0.2) is 36.4 Å². The van der Waals surface area contributed by atoms with Gasteiger partial charge in [0.05, 0.1) is 6.54 Å². The fourth-order valence-electron chi connectivity index (χ4n) is 0.946. The molecule has 0 radical (unpaired) electrons. The molecule has 1 rings (SSSR count). The van der Waals surface area contributed by atoms with E-state index in [2.05, 4.69) is 15.6 Å². The van der Waals surface area contributed by atoms with Crippen molar-refractivity contribution in [3.63, 3.8) is 0 Å². The van der Waals surface area contributed by atoms with Crippen molar-refractivity contribution in [3.05, 3.63) is 12.3 Å². The second-order valence-corrected chi connectivity index (χ2v) is 2.79. The molecule has 0 aromatic rings. The smallest absolute Gasteiger partial charge is 0.336 e. The molecular formula is C8H12N4O2. The highest BCUT2D eigenvalue weighted by molar-refractivity contribution is 6.07. The van der Waals surface area contributed by atoms with Crippen LogP contribution >= 0.6 is 0 Å². The summed E-state index contributed by atoms with van der Waals surface area (Å²) >= 11 is 0. The van der Waals surface area contributed by atoms with Crippen LogP contribution in [0.1, 0.15) is 6.92 Å². The van der Waals surface area contributed by atoms with Crippen molar-refractivity contribution >= 4 is 17.9 Å². The molecule has 0 aromatic heterocycles. The van der Waals surface area contributed by atoms with Crippen molar-refractivity contribution in [2.24, 2.45) is 4.99 Å². The average Bonchev–Trinajstić information content (AvgIpc) is 2.42. The molecule has 0 bridgehead atoms. The summed E-state index contributed by atoms with van der Waals surface area (Å²) in [5, 5.41) is 4.87. The van der Waals surface area contributed by atoms with E-state index in [4.69, 9.17) is 0 Å². The number of carbonyl (C=O) groups is 2. The molecule has 1 aliphatic heterocycles. The third kappa shape index (κ3) is 2.58. The van der Waals surface area contributed by atoms with Crippen LogP contribution in [0.25, 0.3) is 0 Å². The number of nitrogens with one attached hydrogen (secondary N) is 2. The summed E-state index contributed by atoms with van der Waals surface area (Å²) in [6.45, 7) is 2.01. The predicted molar refractivity (Wildman–Crippen MR) is 51.6 cm³/mol. The van der Waals surface area contributed by atoms with Gasteiger partial charge < -0.3 is 10.2 Å². The molecule has 0 aromatic carbocycles. The van der Waals surface area contributed by atoms with E-state index in [-0.39, 0.29) is 18.4 Å². The molecule has 1 fully saturated rings. The summed E-state index contributed by atoms with van der Waals surface area (Å²) in [4.78, 5) is 27.2. The molecule has 0 aliphatic carbocycles. The molecule has 0 unspecified atom stereocenters. The van der Waals surface area contributed by atoms with E-state index in [1.54, 1.807) is 24.9 Å². The minimum Gasteiger partial charge on any atom is -0.336 e. The lowest BCUT2D eigenvalue weighted by molar-refractivity contribution is -0.118. The van der Waals surface area contributed by atoms with Crippen LogP contribution in [0.3, 0.4) is 0 Å². The zero-order chi connectivity index (χ0) is 10.6. The molecule has 6 nitrogen and oxygen atoms in total. The van der Waals surface area contributed by atoms with E-state index in [1.807, 2.05) is 0 Å². The second kappa shape index (κ2) is 4.40. The first kappa shape index (κ1) is 10.2. The molecule has 1 aliphatic rings. The van der Waals surface area contributed by atoms with Gasteiger partial charge in [0.25, 0.3) is 0 Å². The summed E-state index contributed by atoms with van der Waals surface area (Å²) in [5.41, 5.74) is 0. The van der Waals surface area contributed by atoms with Gasteiger partial charge in [-0.3, -0.25) is 10.1 Å². The lowest BCUT2D eigenvalue weighted by Gasteiger charge is -2.07. The van der Waals surface area contributed by atoms with Gasteiger partial charge in [0.1, 0.15) is 0 Å². The third-order valence-corrected chi connectivity index (χ3v) is 1.57. The van der Waals surface area contributed by atoms with E-state index >= 15 is 0 Å². The van der Waals surface area contributed by atoms with Crippen LogP contribution in [0.5, 0.6) is 0 Å². The van der Waals surface area contributed by atoms with Gasteiger partial charge >= 0.3 is 6.03 Å². The molecule has 3 amide bonds. The van der Waals surface area contributed by atoms with E-state index in [1.165, 1.54) is 6.20 Å². The number of hydrogen-bond acceptors (Lipinski definition) is 2. The Labute approximate surface area is 81.7 Å². The second-order valence-electron chi connectivity index (χ2n) is 2.79. The maximum Gasteiger partial charge on any atom is 0.348 e. The monoisotopic (exact) mass is 196 g/mol. The van der Waals surface area contributed by atoms with Gasteiger partial charge in [0.15, 0.2) is 0 Å². The third-order valence-electron chi connectivity index (χ3n) is 1.57. The average molecular weight is 196 g/mol. The number of allylic oxidation sites excluding steroid dienone is 1. The molecule has 76 valence electrons. The molecule has 6 heteroatoms. The Morgan fingerprint density at radius 1 is 1.71 bits per heavy atom. The minimum atomic E-state index is -0.507. The minimum absolute atomic E-state index is 0.162. The predicted octanol–water partition coefficient (Wildman–Crippen LogP) is -0.353. The maximum absolute atomic E-state index is 11.1. The van der Waals surface area contributed by atoms with Crippen LogP contribution in [0, 0.1) is 0 Å². The van der Waals surface area contributed by atoms with Gasteiger partial charge in [0.2, 0.25) is 11.9 Å². The fourth-order valence-corrected chi connectivity index (χ4v) is 0.946. The Hall–Kier alpha value is -1.85. The summed E-state index contributed by atoms with van der Waals surface area (Å²) < 4.78 is 0. The number of rotatable bonds is 1. The number of nitrogens with zero attached hydrogens (tertiary/aromatic N) is 2. The summed E-state index contributed by atoms with van der Waals surface area (Å²) in [7, 11) is 1.68. The first-order valence-corrected chi connectivity index (χ1v) is 4.15. The topological polar surface area (TPSA) is 73.8 Å². The van der Waals surface area contributed by atoms with E-state index in [9.17, 15) is 9.59 Å². The standard InChI is InChI=1S/C8H12N4O2/c1-3-4-9-8(14)11-7-10-6(13)5-12(7)2/h3-4H,5H2,1-2H3,(H2,9,10,11,13,14). The van der Waals surface area contributed by atoms with Gasteiger partial charge in [0, 0.05) is 13.2 Å². The summed E-state index contributed by atoms with van der Waals surface area (Å²) in [6, 6.07) is -0.507. The van der Waals surface area contributed by atoms with Crippen molar-refractivity contribution in [2.45, 2.75) is 6.92 Å². The largest absolute Gasteiger partial charge is 0.348 e. The molecule has 1 saturated heterocycles. The molecule has 0 saturated carbocycles. The van der Waals surface area contributed by atoms with Crippen LogP contribution in [0.2, 0.25) is 0 Å². The highest BCUT2D eigenvalue weighted by atomic mass is 16.2. The zero-order valence-corrected chi connectivity index (χ0v) is 8.07. The van der Waals surface area contributed by atoms with Crippen molar-refractivity contribution < 1.29 is 9.59 Å². The highest BCUT2D eigenvalue weighted by Crippen LogP contribution is 1.94. The molecule has 14 heavy (non-hydrogen) atoms. The quantitative estimate of drug-likeness (QED) is 0.602. The van der Waals surface area contributed by atoms with Crippen molar-refractivity contribution in [3.8, 4) is 0 Å². The van der Waals surface area contributed by atoms with Gasteiger partial charge in [-0.25, -0.2) is 4.79 Å². The molecule has 0 atom stereocenters. The Balaban J connectivity index is 2.59. The Morgan fingerprint density at radius 2 is 2.43 bits per heavy atom. The van der Waals surface area contributed by atoms with Crippen LogP contribution in [0.15, 0.2) is 17.3 Å². The summed E-state index contributed by atoms with van der Waals surface area (Å²) in [6.07, 6.45) is 3.15. The number of amides is 3. The zero-order valence-electron chi connectivity index (χ0n) is 8.07.